The van der Waals surface area contributed by atoms with Crippen LogP contribution < -0.4 is 10.6 Å². The zero-order chi connectivity index (χ0) is 14.5. The van der Waals surface area contributed by atoms with Crippen molar-refractivity contribution in [3.05, 3.63) is 40.9 Å². The van der Waals surface area contributed by atoms with E-state index in [0.29, 0.717) is 11.5 Å². The van der Waals surface area contributed by atoms with Crippen molar-refractivity contribution in [2.75, 3.05) is 5.32 Å². The van der Waals surface area contributed by atoms with Crippen LogP contribution in [0.3, 0.4) is 0 Å². The molecule has 0 radical (unpaired) electrons. The number of nitrogens with one attached hydrogen (secondary N) is 2. The second-order valence-corrected chi connectivity index (χ2v) is 5.66. The maximum Gasteiger partial charge on any atom is 0.226 e. The Kier molecular flexibility index (Phi) is 5.09. The largest absolute Gasteiger partial charge is 0.332 e. The van der Waals surface area contributed by atoms with Crippen LogP contribution in [0.1, 0.15) is 19.8 Å². The van der Waals surface area contributed by atoms with Crippen molar-refractivity contribution in [1.82, 2.24) is 5.32 Å². The number of amides is 1. The number of hydrogen-bond donors (Lipinski definition) is 2. The first-order valence-corrected chi connectivity index (χ1v) is 7.60. The minimum Gasteiger partial charge on any atom is -0.332 e. The van der Waals surface area contributed by atoms with E-state index in [1.54, 1.807) is 0 Å². The molecule has 5 heteroatoms. The molecule has 0 heterocycles. The summed E-state index contributed by atoms with van der Waals surface area (Å²) < 4.78 is 1.03. The molecule has 0 spiro atoms. The Hall–Kier alpha value is -1.46. The molecule has 1 amide bonds. The van der Waals surface area contributed by atoms with Gasteiger partial charge in [0.1, 0.15) is 0 Å². The number of rotatable bonds is 3. The highest BCUT2D eigenvalue weighted by atomic mass is 79.9. The van der Waals surface area contributed by atoms with Crippen LogP contribution in [0, 0.1) is 0 Å². The first kappa shape index (κ1) is 14.9. The molecule has 2 aromatic carbocycles. The summed E-state index contributed by atoms with van der Waals surface area (Å²) in [5.74, 6) is -0.0635. The second kappa shape index (κ2) is 6.81. The average molecular weight is 351 g/mol. The molecule has 0 saturated carbocycles. The fraction of sp³-hybridized carbons (Fsp3) is 0.200. The number of hydrogen-bond acceptors (Lipinski definition) is 2. The topological polar surface area (TPSA) is 41.1 Å². The van der Waals surface area contributed by atoms with Gasteiger partial charge in [-0.05, 0) is 36.2 Å². The number of anilines is 1. The molecule has 2 rings (SSSR count). The van der Waals surface area contributed by atoms with Crippen LogP contribution in [-0.2, 0) is 4.79 Å². The summed E-state index contributed by atoms with van der Waals surface area (Å²) >= 11 is 8.70. The fourth-order valence-corrected chi connectivity index (χ4v) is 2.64. The Morgan fingerprint density at radius 1 is 1.20 bits per heavy atom. The van der Waals surface area contributed by atoms with Gasteiger partial charge >= 0.3 is 0 Å². The van der Waals surface area contributed by atoms with Gasteiger partial charge in [0, 0.05) is 22.0 Å². The van der Waals surface area contributed by atoms with Crippen LogP contribution in [0.2, 0.25) is 0 Å². The molecule has 2 aromatic rings. The van der Waals surface area contributed by atoms with Gasteiger partial charge < -0.3 is 10.6 Å². The van der Waals surface area contributed by atoms with Crippen LogP contribution in [0.15, 0.2) is 40.9 Å². The number of carbonyl (C=O) groups is 1. The van der Waals surface area contributed by atoms with Gasteiger partial charge in [-0.3, -0.25) is 4.79 Å². The summed E-state index contributed by atoms with van der Waals surface area (Å²) in [4.78, 5) is 11.5. The van der Waals surface area contributed by atoms with Crippen molar-refractivity contribution in [1.29, 1.82) is 0 Å². The van der Waals surface area contributed by atoms with E-state index in [4.69, 9.17) is 12.2 Å². The lowest BCUT2D eigenvalue weighted by Crippen LogP contribution is -2.33. The first-order chi connectivity index (χ1) is 9.61. The molecule has 0 atom stereocenters. The lowest BCUT2D eigenvalue weighted by Gasteiger charge is -2.12. The second-order valence-electron chi connectivity index (χ2n) is 4.39. The van der Waals surface area contributed by atoms with Crippen LogP contribution in [0.25, 0.3) is 10.8 Å². The lowest BCUT2D eigenvalue weighted by atomic mass is 10.1. The summed E-state index contributed by atoms with van der Waals surface area (Å²) in [6.45, 7) is 1.96. The van der Waals surface area contributed by atoms with E-state index in [1.807, 2.05) is 43.3 Å². The predicted octanol–water partition coefficient (Wildman–Crippen LogP) is 4.22. The number of thiocarbonyl (C=S) groups is 1. The van der Waals surface area contributed by atoms with Gasteiger partial charge in [0.25, 0.3) is 0 Å². The summed E-state index contributed by atoms with van der Waals surface area (Å²) in [5.41, 5.74) is 0.880. The summed E-state index contributed by atoms with van der Waals surface area (Å²) in [6, 6.07) is 11.9. The van der Waals surface area contributed by atoms with Crippen molar-refractivity contribution in [2.24, 2.45) is 0 Å². The van der Waals surface area contributed by atoms with Gasteiger partial charge in [-0.1, -0.05) is 47.1 Å². The van der Waals surface area contributed by atoms with Gasteiger partial charge in [-0.25, -0.2) is 0 Å². The number of benzene rings is 2. The lowest BCUT2D eigenvalue weighted by molar-refractivity contribution is -0.119. The molecule has 0 aromatic heterocycles. The molecular formula is C15H15BrN2OS. The number of fused-ring (bicyclic) bond motifs is 1. The Morgan fingerprint density at radius 3 is 2.60 bits per heavy atom. The average Bonchev–Trinajstić information content (AvgIpc) is 2.42. The zero-order valence-electron chi connectivity index (χ0n) is 11.1. The van der Waals surface area contributed by atoms with E-state index >= 15 is 0 Å². The quantitative estimate of drug-likeness (QED) is 0.814. The van der Waals surface area contributed by atoms with Crippen LogP contribution in [0.4, 0.5) is 5.69 Å². The van der Waals surface area contributed by atoms with Crippen LogP contribution in [-0.4, -0.2) is 11.0 Å². The summed E-state index contributed by atoms with van der Waals surface area (Å²) in [7, 11) is 0. The van der Waals surface area contributed by atoms with Crippen LogP contribution in [0.5, 0.6) is 0 Å². The molecule has 0 aliphatic carbocycles. The number of halogens is 1. The third kappa shape index (κ3) is 3.55. The molecule has 0 unspecified atom stereocenters. The monoisotopic (exact) mass is 350 g/mol. The van der Waals surface area contributed by atoms with Crippen molar-refractivity contribution in [3.8, 4) is 0 Å². The Morgan fingerprint density at radius 2 is 1.90 bits per heavy atom. The Balaban J connectivity index is 2.20. The molecule has 0 fully saturated rings. The van der Waals surface area contributed by atoms with E-state index in [0.717, 1.165) is 27.4 Å². The molecule has 3 nitrogen and oxygen atoms in total. The minimum atomic E-state index is -0.0635. The van der Waals surface area contributed by atoms with Gasteiger partial charge in [0.2, 0.25) is 5.91 Å². The highest BCUT2D eigenvalue weighted by Crippen LogP contribution is 2.29. The summed E-state index contributed by atoms with van der Waals surface area (Å²) in [6.07, 6.45) is 1.28. The van der Waals surface area contributed by atoms with Crippen molar-refractivity contribution in [2.45, 2.75) is 19.8 Å². The SMILES string of the molecule is CCCC(=O)NC(=S)Nc1ccc(Br)c2ccccc12. The Bertz CT molecular complexity index is 657. The molecule has 0 aliphatic rings. The minimum absolute atomic E-state index is 0.0635. The molecule has 2 N–H and O–H groups in total. The number of carbonyl (C=O) groups excluding carboxylic acids is 1. The van der Waals surface area contributed by atoms with Crippen molar-refractivity contribution >= 4 is 55.6 Å². The first-order valence-electron chi connectivity index (χ1n) is 6.40. The zero-order valence-corrected chi connectivity index (χ0v) is 13.5. The predicted molar refractivity (Wildman–Crippen MR) is 90.9 cm³/mol. The van der Waals surface area contributed by atoms with Gasteiger partial charge in [-0.15, -0.1) is 0 Å². The molecule has 0 saturated heterocycles. The highest BCUT2D eigenvalue weighted by Gasteiger charge is 2.07. The molecule has 20 heavy (non-hydrogen) atoms. The highest BCUT2D eigenvalue weighted by molar-refractivity contribution is 9.10. The van der Waals surface area contributed by atoms with Crippen molar-refractivity contribution in [3.63, 3.8) is 0 Å². The fourth-order valence-electron chi connectivity index (χ4n) is 1.94. The summed E-state index contributed by atoms with van der Waals surface area (Å²) in [5, 5.41) is 8.24. The third-order valence-corrected chi connectivity index (χ3v) is 3.74. The molecular weight excluding hydrogens is 336 g/mol. The van der Waals surface area contributed by atoms with Gasteiger partial charge in [0.15, 0.2) is 5.11 Å². The molecule has 0 aliphatic heterocycles. The van der Waals surface area contributed by atoms with Crippen LogP contribution >= 0.6 is 28.1 Å². The van der Waals surface area contributed by atoms with Gasteiger partial charge in [-0.2, -0.15) is 0 Å². The normalized spacial score (nSPS) is 10.3. The maximum atomic E-state index is 11.5. The molecule has 104 valence electrons. The van der Waals surface area contributed by atoms with E-state index < -0.39 is 0 Å². The van der Waals surface area contributed by atoms with Gasteiger partial charge in [0.05, 0.1) is 0 Å². The van der Waals surface area contributed by atoms with E-state index in [9.17, 15) is 4.79 Å². The standard InChI is InChI=1S/C15H15BrN2OS/c1-2-5-14(19)18-15(20)17-13-9-8-12(16)10-6-3-4-7-11(10)13/h3-4,6-9H,2,5H2,1H3,(H2,17,18,19,20). The molecule has 0 bridgehead atoms. The van der Waals surface area contributed by atoms with E-state index in [2.05, 4.69) is 26.6 Å². The maximum absolute atomic E-state index is 11.5. The third-order valence-electron chi connectivity index (χ3n) is 2.85. The van der Waals surface area contributed by atoms with Crippen molar-refractivity contribution < 1.29 is 4.79 Å². The van der Waals surface area contributed by atoms with E-state index in [1.165, 1.54) is 0 Å². The smallest absolute Gasteiger partial charge is 0.226 e. The van der Waals surface area contributed by atoms with E-state index in [-0.39, 0.29) is 5.91 Å². The Labute approximate surface area is 131 Å².